The van der Waals surface area contributed by atoms with Crippen LogP contribution >= 0.6 is 0 Å². The summed E-state index contributed by atoms with van der Waals surface area (Å²) in [6.45, 7) is 1.93. The molecule has 0 radical (unpaired) electrons. The van der Waals surface area contributed by atoms with Gasteiger partial charge in [-0.25, -0.2) is 0 Å². The molecule has 1 heterocycles. The quantitative estimate of drug-likeness (QED) is 0.663. The van der Waals surface area contributed by atoms with Gasteiger partial charge in [-0.05, 0) is 30.0 Å². The van der Waals surface area contributed by atoms with Crippen LogP contribution in [-0.4, -0.2) is 17.9 Å². The van der Waals surface area contributed by atoms with Crippen LogP contribution in [-0.2, 0) is 9.59 Å². The second-order valence-electron chi connectivity index (χ2n) is 6.80. The van der Waals surface area contributed by atoms with Crippen LogP contribution in [0.5, 0.6) is 0 Å². The second kappa shape index (κ2) is 7.11. The van der Waals surface area contributed by atoms with E-state index in [1.54, 1.807) is 0 Å². The average Bonchev–Trinajstić information content (AvgIpc) is 2.81. The molecule has 1 aliphatic heterocycles. The van der Waals surface area contributed by atoms with Gasteiger partial charge in [0.1, 0.15) is 6.04 Å². The number of hydrogen-bond acceptors (Lipinski definition) is 3. The highest BCUT2D eigenvalue weighted by Crippen LogP contribution is 2.33. The third kappa shape index (κ3) is 3.49. The van der Waals surface area contributed by atoms with E-state index < -0.39 is 6.04 Å². The molecule has 0 aliphatic carbocycles. The molecule has 0 saturated heterocycles. The Balaban J connectivity index is 1.51. The third-order valence-corrected chi connectivity index (χ3v) is 4.88. The smallest absolute Gasteiger partial charge is 0.247 e. The van der Waals surface area contributed by atoms with E-state index in [0.29, 0.717) is 0 Å². The van der Waals surface area contributed by atoms with Crippen molar-refractivity contribution in [1.29, 1.82) is 0 Å². The largest absolute Gasteiger partial charge is 0.373 e. The van der Waals surface area contributed by atoms with Crippen molar-refractivity contribution < 1.29 is 9.59 Å². The summed E-state index contributed by atoms with van der Waals surface area (Å²) in [5.74, 6) is -0.377. The fraction of sp³-hybridized carbons (Fsp3) is 0.182. The zero-order valence-electron chi connectivity index (χ0n) is 15.0. The van der Waals surface area contributed by atoms with Crippen molar-refractivity contribution in [3.63, 3.8) is 0 Å². The molecule has 0 bridgehead atoms. The van der Waals surface area contributed by atoms with E-state index in [9.17, 15) is 9.59 Å². The van der Waals surface area contributed by atoms with Gasteiger partial charge >= 0.3 is 0 Å². The van der Waals surface area contributed by atoms with Crippen molar-refractivity contribution in [1.82, 2.24) is 5.32 Å². The van der Waals surface area contributed by atoms with Gasteiger partial charge in [0.2, 0.25) is 11.8 Å². The normalized spacial score (nSPS) is 16.8. The number of anilines is 2. The van der Waals surface area contributed by atoms with Crippen LogP contribution in [0.3, 0.4) is 0 Å². The molecule has 2 unspecified atom stereocenters. The number of carbonyl (C=O) groups is 2. The zero-order chi connectivity index (χ0) is 18.8. The number of amides is 2. The molecule has 3 aromatic rings. The molecule has 0 aromatic heterocycles. The van der Waals surface area contributed by atoms with Crippen LogP contribution in [0.15, 0.2) is 66.7 Å². The Morgan fingerprint density at radius 2 is 1.70 bits per heavy atom. The summed E-state index contributed by atoms with van der Waals surface area (Å²) in [6, 6.07) is 20.7. The van der Waals surface area contributed by atoms with Crippen molar-refractivity contribution in [2.75, 3.05) is 10.6 Å². The minimum Gasteiger partial charge on any atom is -0.373 e. The number of benzene rings is 3. The molecule has 3 N–H and O–H groups in total. The predicted molar refractivity (Wildman–Crippen MR) is 108 cm³/mol. The first-order valence-electron chi connectivity index (χ1n) is 9.05. The first kappa shape index (κ1) is 17.1. The van der Waals surface area contributed by atoms with E-state index in [1.807, 2.05) is 73.7 Å². The van der Waals surface area contributed by atoms with Crippen molar-refractivity contribution in [3.05, 3.63) is 72.3 Å². The summed E-state index contributed by atoms with van der Waals surface area (Å²) in [4.78, 5) is 25.2. The monoisotopic (exact) mass is 359 g/mol. The van der Waals surface area contributed by atoms with Gasteiger partial charge in [-0.3, -0.25) is 9.59 Å². The standard InChI is InChI=1S/C22H21N3O2/c1-14(15-7-3-2-4-8-15)23-20(26)13-19-22(27)25-18-12-6-10-16-9-5-11-17(24-19)21(16)18/h2-12,14,19,24H,13H2,1H3,(H,23,26)(H,25,27). The van der Waals surface area contributed by atoms with Crippen LogP contribution in [0.1, 0.15) is 24.9 Å². The van der Waals surface area contributed by atoms with E-state index in [2.05, 4.69) is 16.0 Å². The lowest BCUT2D eigenvalue weighted by Crippen LogP contribution is -2.39. The Kier molecular flexibility index (Phi) is 4.50. The molecule has 5 nitrogen and oxygen atoms in total. The zero-order valence-corrected chi connectivity index (χ0v) is 15.0. The Hall–Kier alpha value is -3.34. The minimum atomic E-state index is -0.633. The predicted octanol–water partition coefficient (Wildman–Crippen LogP) is 3.84. The van der Waals surface area contributed by atoms with Crippen molar-refractivity contribution in [2.24, 2.45) is 0 Å². The molecule has 3 aromatic carbocycles. The number of carbonyl (C=O) groups excluding carboxylic acids is 2. The van der Waals surface area contributed by atoms with Crippen LogP contribution < -0.4 is 16.0 Å². The molecule has 2 amide bonds. The van der Waals surface area contributed by atoms with E-state index in [4.69, 9.17) is 0 Å². The van der Waals surface area contributed by atoms with Gasteiger partial charge < -0.3 is 16.0 Å². The summed E-state index contributed by atoms with van der Waals surface area (Å²) in [5.41, 5.74) is 2.65. The highest BCUT2D eigenvalue weighted by atomic mass is 16.2. The number of hydrogen-bond donors (Lipinski definition) is 3. The molecule has 136 valence electrons. The molecular weight excluding hydrogens is 338 g/mol. The second-order valence-corrected chi connectivity index (χ2v) is 6.80. The van der Waals surface area contributed by atoms with Crippen LogP contribution in [0.2, 0.25) is 0 Å². The molecule has 0 spiro atoms. The molecule has 1 aliphatic rings. The molecule has 0 saturated carbocycles. The van der Waals surface area contributed by atoms with Crippen molar-refractivity contribution in [2.45, 2.75) is 25.4 Å². The molecule has 0 fully saturated rings. The van der Waals surface area contributed by atoms with E-state index in [1.165, 1.54) is 0 Å². The van der Waals surface area contributed by atoms with Gasteiger partial charge in [0.15, 0.2) is 0 Å². The van der Waals surface area contributed by atoms with Gasteiger partial charge in [-0.1, -0.05) is 54.6 Å². The van der Waals surface area contributed by atoms with Crippen molar-refractivity contribution >= 4 is 34.0 Å². The molecule has 27 heavy (non-hydrogen) atoms. The van der Waals surface area contributed by atoms with E-state index in [-0.39, 0.29) is 24.3 Å². The lowest BCUT2D eigenvalue weighted by Gasteiger charge is -2.19. The van der Waals surface area contributed by atoms with Gasteiger partial charge in [0.05, 0.1) is 18.2 Å². The fourth-order valence-electron chi connectivity index (χ4n) is 3.49. The third-order valence-electron chi connectivity index (χ3n) is 4.88. The van der Waals surface area contributed by atoms with Gasteiger partial charge in [0, 0.05) is 11.1 Å². The van der Waals surface area contributed by atoms with E-state index >= 15 is 0 Å². The summed E-state index contributed by atoms with van der Waals surface area (Å²) in [7, 11) is 0. The maximum atomic E-state index is 12.7. The first-order chi connectivity index (χ1) is 13.1. The summed E-state index contributed by atoms with van der Waals surface area (Å²) >= 11 is 0. The molecule has 2 atom stereocenters. The van der Waals surface area contributed by atoms with Gasteiger partial charge in [-0.15, -0.1) is 0 Å². The molecule has 4 rings (SSSR count). The Morgan fingerprint density at radius 1 is 1.00 bits per heavy atom. The van der Waals surface area contributed by atoms with Gasteiger partial charge in [0.25, 0.3) is 0 Å². The summed E-state index contributed by atoms with van der Waals surface area (Å²) < 4.78 is 0. The lowest BCUT2D eigenvalue weighted by molar-refractivity contribution is -0.125. The maximum Gasteiger partial charge on any atom is 0.247 e. The average molecular weight is 359 g/mol. The molecular formula is C22H21N3O2. The highest BCUT2D eigenvalue weighted by Gasteiger charge is 2.27. The fourth-order valence-corrected chi connectivity index (χ4v) is 3.49. The Labute approximate surface area is 157 Å². The summed E-state index contributed by atoms with van der Waals surface area (Å²) in [6.07, 6.45) is 0.0629. The minimum absolute atomic E-state index is 0.0629. The summed E-state index contributed by atoms with van der Waals surface area (Å²) in [5, 5.41) is 11.2. The molecule has 5 heteroatoms. The SMILES string of the molecule is CC(NC(=O)CC1Nc2cccc3cccc(c23)NC1=O)c1ccccc1. The van der Waals surface area contributed by atoms with E-state index in [0.717, 1.165) is 27.7 Å². The Morgan fingerprint density at radius 3 is 2.44 bits per heavy atom. The van der Waals surface area contributed by atoms with Crippen molar-refractivity contribution in [3.8, 4) is 0 Å². The highest BCUT2D eigenvalue weighted by molar-refractivity contribution is 6.13. The van der Waals surface area contributed by atoms with Crippen LogP contribution in [0.25, 0.3) is 10.8 Å². The van der Waals surface area contributed by atoms with Crippen LogP contribution in [0.4, 0.5) is 11.4 Å². The van der Waals surface area contributed by atoms with Gasteiger partial charge in [-0.2, -0.15) is 0 Å². The lowest BCUT2D eigenvalue weighted by atomic mass is 10.1. The Bertz CT molecular complexity index is 996. The number of nitrogens with one attached hydrogen (secondary N) is 3. The first-order valence-corrected chi connectivity index (χ1v) is 9.05. The topological polar surface area (TPSA) is 70.2 Å². The maximum absolute atomic E-state index is 12.7. The number of rotatable bonds is 4. The van der Waals surface area contributed by atoms with Crippen LogP contribution in [0, 0.1) is 0 Å².